The predicted octanol–water partition coefficient (Wildman–Crippen LogP) is 3.90. The predicted molar refractivity (Wildman–Crippen MR) is 93.7 cm³/mol. The van der Waals surface area contributed by atoms with Crippen molar-refractivity contribution in [3.63, 3.8) is 0 Å². The lowest BCUT2D eigenvalue weighted by atomic mass is 10.1. The Kier molecular flexibility index (Phi) is 5.47. The highest BCUT2D eigenvalue weighted by molar-refractivity contribution is 5.85. The third-order valence-electron chi connectivity index (χ3n) is 3.80. The van der Waals surface area contributed by atoms with Gasteiger partial charge in [-0.25, -0.2) is 0 Å². The molecule has 0 radical (unpaired) electrons. The molecule has 1 heterocycles. The molecule has 0 aliphatic carbocycles. The molecule has 22 heavy (non-hydrogen) atoms. The van der Waals surface area contributed by atoms with E-state index in [1.54, 1.807) is 7.11 Å². The zero-order valence-corrected chi connectivity index (χ0v) is 13.7. The van der Waals surface area contributed by atoms with Gasteiger partial charge in [0, 0.05) is 42.8 Å². The maximum absolute atomic E-state index is 5.38. The van der Waals surface area contributed by atoms with Crippen molar-refractivity contribution in [1.82, 2.24) is 9.88 Å². The first-order chi connectivity index (χ1) is 10.3. The van der Waals surface area contributed by atoms with Gasteiger partial charge < -0.3 is 14.6 Å². The summed E-state index contributed by atoms with van der Waals surface area (Å²) < 4.78 is 7.55. The van der Waals surface area contributed by atoms with Crippen LogP contribution >= 0.6 is 12.4 Å². The van der Waals surface area contributed by atoms with Crippen LogP contribution in [0.25, 0.3) is 10.9 Å². The number of hydrogen-bond acceptors (Lipinski definition) is 2. The van der Waals surface area contributed by atoms with E-state index in [0.717, 1.165) is 18.8 Å². The van der Waals surface area contributed by atoms with E-state index in [9.17, 15) is 0 Å². The largest absolute Gasteiger partial charge is 0.496 e. The molecule has 3 aromatic rings. The summed E-state index contributed by atoms with van der Waals surface area (Å²) in [5.41, 5.74) is 3.77. The number of benzene rings is 2. The van der Waals surface area contributed by atoms with E-state index < -0.39 is 0 Å². The van der Waals surface area contributed by atoms with Gasteiger partial charge in [0.1, 0.15) is 5.75 Å². The molecule has 116 valence electrons. The Bertz CT molecular complexity index is 752. The number of nitrogens with one attached hydrogen (secondary N) is 1. The summed E-state index contributed by atoms with van der Waals surface area (Å²) in [6.45, 7) is 1.65. The second-order valence-electron chi connectivity index (χ2n) is 5.20. The molecule has 0 atom stereocenters. The van der Waals surface area contributed by atoms with Gasteiger partial charge in [-0.05, 0) is 17.7 Å². The first kappa shape index (κ1) is 16.4. The van der Waals surface area contributed by atoms with Crippen molar-refractivity contribution in [3.05, 3.63) is 65.9 Å². The molecule has 1 aromatic heterocycles. The van der Waals surface area contributed by atoms with E-state index in [-0.39, 0.29) is 12.4 Å². The van der Waals surface area contributed by atoms with Crippen LogP contribution in [0.3, 0.4) is 0 Å². The molecule has 0 unspecified atom stereocenters. The first-order valence-corrected chi connectivity index (χ1v) is 7.15. The summed E-state index contributed by atoms with van der Waals surface area (Å²) in [6.07, 6.45) is 2.19. The SMILES string of the molecule is COc1ccccc1CNCc1cn(C)c2ccccc12.Cl. The van der Waals surface area contributed by atoms with Crippen LogP contribution in [-0.4, -0.2) is 11.7 Å². The maximum Gasteiger partial charge on any atom is 0.123 e. The molecule has 0 fully saturated rings. The molecule has 0 saturated heterocycles. The van der Waals surface area contributed by atoms with E-state index in [2.05, 4.69) is 53.5 Å². The van der Waals surface area contributed by atoms with Crippen LogP contribution in [0.15, 0.2) is 54.7 Å². The van der Waals surface area contributed by atoms with Crippen molar-refractivity contribution in [2.45, 2.75) is 13.1 Å². The van der Waals surface area contributed by atoms with Crippen molar-refractivity contribution in [3.8, 4) is 5.75 Å². The summed E-state index contributed by atoms with van der Waals surface area (Å²) in [5, 5.41) is 4.82. The van der Waals surface area contributed by atoms with Crippen LogP contribution in [0.4, 0.5) is 0 Å². The first-order valence-electron chi connectivity index (χ1n) is 7.15. The summed E-state index contributed by atoms with van der Waals surface area (Å²) >= 11 is 0. The zero-order chi connectivity index (χ0) is 14.7. The number of hydrogen-bond donors (Lipinski definition) is 1. The smallest absolute Gasteiger partial charge is 0.123 e. The normalized spacial score (nSPS) is 10.5. The Morgan fingerprint density at radius 2 is 1.64 bits per heavy atom. The van der Waals surface area contributed by atoms with Gasteiger partial charge in [0.2, 0.25) is 0 Å². The molecular formula is C18H21ClN2O. The molecular weight excluding hydrogens is 296 g/mol. The number of nitrogens with zero attached hydrogens (tertiary/aromatic N) is 1. The number of halogens is 1. The van der Waals surface area contributed by atoms with Crippen molar-refractivity contribution in [2.24, 2.45) is 7.05 Å². The van der Waals surface area contributed by atoms with E-state index >= 15 is 0 Å². The van der Waals surface area contributed by atoms with E-state index in [1.165, 1.54) is 22.0 Å². The maximum atomic E-state index is 5.38. The number of para-hydroxylation sites is 2. The molecule has 0 aliphatic heterocycles. The monoisotopic (exact) mass is 316 g/mol. The Morgan fingerprint density at radius 3 is 2.45 bits per heavy atom. The minimum absolute atomic E-state index is 0. The summed E-state index contributed by atoms with van der Waals surface area (Å²) in [6, 6.07) is 16.6. The van der Waals surface area contributed by atoms with Gasteiger partial charge >= 0.3 is 0 Å². The Balaban J connectivity index is 0.00000176. The molecule has 4 heteroatoms. The van der Waals surface area contributed by atoms with Crippen molar-refractivity contribution < 1.29 is 4.74 Å². The van der Waals surface area contributed by atoms with E-state index in [4.69, 9.17) is 4.74 Å². The molecule has 3 nitrogen and oxygen atoms in total. The minimum atomic E-state index is 0. The molecule has 2 aromatic carbocycles. The van der Waals surface area contributed by atoms with Gasteiger partial charge in [-0.2, -0.15) is 0 Å². The number of aryl methyl sites for hydroxylation is 1. The van der Waals surface area contributed by atoms with Crippen LogP contribution in [0.2, 0.25) is 0 Å². The molecule has 3 rings (SSSR count). The fourth-order valence-electron chi connectivity index (χ4n) is 2.75. The molecule has 0 spiro atoms. The highest BCUT2D eigenvalue weighted by atomic mass is 35.5. The van der Waals surface area contributed by atoms with Crippen molar-refractivity contribution >= 4 is 23.3 Å². The standard InChI is InChI=1S/C18H20N2O.ClH/c1-20-13-15(16-8-4-5-9-17(16)20)12-19-11-14-7-3-6-10-18(14)21-2;/h3-10,13,19H,11-12H2,1-2H3;1H. The topological polar surface area (TPSA) is 26.2 Å². The summed E-state index contributed by atoms with van der Waals surface area (Å²) in [4.78, 5) is 0. The van der Waals surface area contributed by atoms with Gasteiger partial charge in [0.15, 0.2) is 0 Å². The fourth-order valence-corrected chi connectivity index (χ4v) is 2.75. The lowest BCUT2D eigenvalue weighted by Gasteiger charge is -2.09. The second-order valence-corrected chi connectivity index (χ2v) is 5.20. The van der Waals surface area contributed by atoms with Gasteiger partial charge in [-0.3, -0.25) is 0 Å². The summed E-state index contributed by atoms with van der Waals surface area (Å²) in [7, 11) is 3.80. The number of fused-ring (bicyclic) bond motifs is 1. The lowest BCUT2D eigenvalue weighted by molar-refractivity contribution is 0.407. The number of aromatic nitrogens is 1. The van der Waals surface area contributed by atoms with Gasteiger partial charge in [-0.15, -0.1) is 12.4 Å². The van der Waals surface area contributed by atoms with Crippen LogP contribution in [-0.2, 0) is 20.1 Å². The molecule has 1 N–H and O–H groups in total. The zero-order valence-electron chi connectivity index (χ0n) is 12.9. The Hall–Kier alpha value is -1.97. The minimum Gasteiger partial charge on any atom is -0.496 e. The average molecular weight is 317 g/mol. The van der Waals surface area contributed by atoms with Gasteiger partial charge in [-0.1, -0.05) is 36.4 Å². The highest BCUT2D eigenvalue weighted by Crippen LogP contribution is 2.21. The van der Waals surface area contributed by atoms with E-state index in [1.807, 2.05) is 18.2 Å². The summed E-state index contributed by atoms with van der Waals surface area (Å²) in [5.74, 6) is 0.933. The Labute approximate surface area is 137 Å². The molecule has 0 amide bonds. The average Bonchev–Trinajstić information content (AvgIpc) is 2.85. The van der Waals surface area contributed by atoms with Crippen LogP contribution < -0.4 is 10.1 Å². The van der Waals surface area contributed by atoms with Crippen molar-refractivity contribution in [2.75, 3.05) is 7.11 Å². The van der Waals surface area contributed by atoms with Crippen LogP contribution in [0, 0.1) is 0 Å². The second kappa shape index (κ2) is 7.34. The highest BCUT2D eigenvalue weighted by Gasteiger charge is 2.06. The number of methoxy groups -OCH3 is 1. The van der Waals surface area contributed by atoms with Gasteiger partial charge in [0.25, 0.3) is 0 Å². The quantitative estimate of drug-likeness (QED) is 0.772. The Morgan fingerprint density at radius 1 is 0.955 bits per heavy atom. The van der Waals surface area contributed by atoms with Crippen LogP contribution in [0.1, 0.15) is 11.1 Å². The lowest BCUT2D eigenvalue weighted by Crippen LogP contribution is -2.13. The van der Waals surface area contributed by atoms with Gasteiger partial charge in [0.05, 0.1) is 7.11 Å². The fraction of sp³-hybridized carbons (Fsp3) is 0.222. The van der Waals surface area contributed by atoms with Crippen LogP contribution in [0.5, 0.6) is 5.75 Å². The van der Waals surface area contributed by atoms with E-state index in [0.29, 0.717) is 0 Å². The molecule has 0 saturated carbocycles. The molecule has 0 bridgehead atoms. The third-order valence-corrected chi connectivity index (χ3v) is 3.80. The number of ether oxygens (including phenoxy) is 1. The van der Waals surface area contributed by atoms with Crippen molar-refractivity contribution in [1.29, 1.82) is 0 Å². The third kappa shape index (κ3) is 3.26. The molecule has 0 aliphatic rings. The number of rotatable bonds is 5.